The molecular formula is C21H26N2O4. The van der Waals surface area contributed by atoms with Gasteiger partial charge in [0.1, 0.15) is 0 Å². The minimum atomic E-state index is 0.0193. The molecule has 2 aliphatic heterocycles. The Morgan fingerprint density at radius 2 is 2.15 bits per heavy atom. The summed E-state index contributed by atoms with van der Waals surface area (Å²) >= 11 is 0. The monoisotopic (exact) mass is 370 g/mol. The summed E-state index contributed by atoms with van der Waals surface area (Å²) in [6.07, 6.45) is 3.13. The van der Waals surface area contributed by atoms with Crippen LogP contribution >= 0.6 is 0 Å². The van der Waals surface area contributed by atoms with E-state index in [1.807, 2.05) is 16.7 Å². The van der Waals surface area contributed by atoms with Crippen molar-refractivity contribution in [2.45, 2.75) is 38.8 Å². The largest absolute Gasteiger partial charge is 0.493 e. The summed E-state index contributed by atoms with van der Waals surface area (Å²) in [6, 6.07) is 5.64. The van der Waals surface area contributed by atoms with Crippen molar-refractivity contribution in [1.29, 1.82) is 0 Å². The van der Waals surface area contributed by atoms with Gasteiger partial charge in [-0.25, -0.2) is 0 Å². The summed E-state index contributed by atoms with van der Waals surface area (Å²) in [6.45, 7) is 4.25. The maximum atomic E-state index is 12.8. The van der Waals surface area contributed by atoms with Gasteiger partial charge >= 0.3 is 0 Å². The van der Waals surface area contributed by atoms with Crippen LogP contribution in [0, 0.1) is 6.92 Å². The van der Waals surface area contributed by atoms with E-state index in [2.05, 4.69) is 12.2 Å². The molecule has 1 aromatic carbocycles. The average molecular weight is 370 g/mol. The van der Waals surface area contributed by atoms with Gasteiger partial charge in [-0.2, -0.15) is 0 Å². The summed E-state index contributed by atoms with van der Waals surface area (Å²) in [5.41, 5.74) is 5.06. The van der Waals surface area contributed by atoms with Crippen LogP contribution in [0.1, 0.15) is 24.0 Å². The molecule has 3 heterocycles. The molecule has 0 spiro atoms. The first-order valence-corrected chi connectivity index (χ1v) is 9.48. The highest BCUT2D eigenvalue weighted by Crippen LogP contribution is 2.42. The maximum absolute atomic E-state index is 12.8. The fourth-order valence-electron chi connectivity index (χ4n) is 4.22. The van der Waals surface area contributed by atoms with E-state index >= 15 is 0 Å². The van der Waals surface area contributed by atoms with E-state index in [0.29, 0.717) is 6.54 Å². The van der Waals surface area contributed by atoms with Gasteiger partial charge in [0.05, 0.1) is 26.0 Å². The van der Waals surface area contributed by atoms with Gasteiger partial charge in [-0.15, -0.1) is 0 Å². The smallest absolute Gasteiger partial charge is 0.253 e. The number of ether oxygens (including phenoxy) is 3. The molecule has 1 atom stereocenters. The van der Waals surface area contributed by atoms with Crippen LogP contribution in [0.3, 0.4) is 0 Å². The van der Waals surface area contributed by atoms with Crippen molar-refractivity contribution in [3.8, 4) is 22.8 Å². The lowest BCUT2D eigenvalue weighted by molar-refractivity contribution is 0.120. The van der Waals surface area contributed by atoms with Crippen molar-refractivity contribution in [3.63, 3.8) is 0 Å². The molecule has 1 fully saturated rings. The van der Waals surface area contributed by atoms with Gasteiger partial charge in [-0.05, 0) is 43.9 Å². The van der Waals surface area contributed by atoms with Crippen LogP contribution in [-0.4, -0.2) is 38.0 Å². The number of fused-ring (bicyclic) bond motifs is 3. The molecule has 0 saturated carbocycles. The molecule has 1 N–H and O–H groups in total. The Labute approximate surface area is 159 Å². The number of anilines is 1. The van der Waals surface area contributed by atoms with E-state index in [-0.39, 0.29) is 11.7 Å². The second-order valence-electron chi connectivity index (χ2n) is 7.11. The predicted molar refractivity (Wildman–Crippen MR) is 105 cm³/mol. The van der Waals surface area contributed by atoms with E-state index in [0.717, 1.165) is 72.0 Å². The lowest BCUT2D eigenvalue weighted by Crippen LogP contribution is -2.28. The Hall–Kier alpha value is -2.47. The number of hydrogen-bond donors (Lipinski definition) is 1. The molecule has 0 radical (unpaired) electrons. The molecule has 27 heavy (non-hydrogen) atoms. The van der Waals surface area contributed by atoms with E-state index in [4.69, 9.17) is 14.2 Å². The summed E-state index contributed by atoms with van der Waals surface area (Å²) in [4.78, 5) is 12.8. The lowest BCUT2D eigenvalue weighted by Gasteiger charge is -2.27. The topological polar surface area (TPSA) is 61.7 Å². The number of pyridine rings is 1. The van der Waals surface area contributed by atoms with Gasteiger partial charge in [0.15, 0.2) is 11.5 Å². The molecule has 2 aromatic rings. The standard InChI is InChI=1S/C21H26N2O4/c1-13-17(22-12-14-5-4-10-27-14)11-19(24)23-9-8-16-15(20(13)23)6-7-18(25-2)21(16)26-3/h6-7,11,14,22H,4-5,8-10,12H2,1-3H3. The van der Waals surface area contributed by atoms with Crippen LogP contribution in [0.4, 0.5) is 5.69 Å². The Balaban J connectivity index is 1.78. The average Bonchev–Trinajstić information content (AvgIpc) is 3.21. The molecular weight excluding hydrogens is 344 g/mol. The van der Waals surface area contributed by atoms with E-state index in [1.54, 1.807) is 20.3 Å². The SMILES string of the molecule is COc1ccc2c(c1OC)CCn1c-2c(C)c(NCC2CCCO2)cc1=O. The number of aromatic nitrogens is 1. The van der Waals surface area contributed by atoms with Crippen LogP contribution in [0.25, 0.3) is 11.3 Å². The van der Waals surface area contributed by atoms with E-state index in [1.165, 1.54) is 0 Å². The third-order valence-electron chi connectivity index (χ3n) is 5.60. The third-order valence-corrected chi connectivity index (χ3v) is 5.60. The Morgan fingerprint density at radius 1 is 1.30 bits per heavy atom. The van der Waals surface area contributed by atoms with Crippen LogP contribution < -0.4 is 20.3 Å². The van der Waals surface area contributed by atoms with E-state index < -0.39 is 0 Å². The van der Waals surface area contributed by atoms with Crippen molar-refractivity contribution in [3.05, 3.63) is 39.7 Å². The van der Waals surface area contributed by atoms with Crippen molar-refractivity contribution >= 4 is 5.69 Å². The Morgan fingerprint density at radius 3 is 2.85 bits per heavy atom. The highest BCUT2D eigenvalue weighted by Gasteiger charge is 2.26. The number of benzene rings is 1. The van der Waals surface area contributed by atoms with Gasteiger partial charge in [0, 0.05) is 42.6 Å². The van der Waals surface area contributed by atoms with Gasteiger partial charge in [0.2, 0.25) is 0 Å². The molecule has 4 rings (SSSR count). The first kappa shape index (κ1) is 17.9. The maximum Gasteiger partial charge on any atom is 0.253 e. The molecule has 1 unspecified atom stereocenters. The molecule has 0 bridgehead atoms. The highest BCUT2D eigenvalue weighted by molar-refractivity contribution is 5.77. The van der Waals surface area contributed by atoms with Crippen molar-refractivity contribution < 1.29 is 14.2 Å². The molecule has 1 saturated heterocycles. The number of nitrogens with one attached hydrogen (secondary N) is 1. The minimum absolute atomic E-state index is 0.0193. The fraction of sp³-hybridized carbons (Fsp3) is 0.476. The molecule has 2 aliphatic rings. The molecule has 0 aliphatic carbocycles. The minimum Gasteiger partial charge on any atom is -0.493 e. The fourth-order valence-corrected chi connectivity index (χ4v) is 4.22. The number of hydrogen-bond acceptors (Lipinski definition) is 5. The zero-order chi connectivity index (χ0) is 19.0. The van der Waals surface area contributed by atoms with Gasteiger partial charge in [-0.3, -0.25) is 4.79 Å². The van der Waals surface area contributed by atoms with Crippen LogP contribution in [0.2, 0.25) is 0 Å². The first-order chi connectivity index (χ1) is 13.1. The highest BCUT2D eigenvalue weighted by atomic mass is 16.5. The number of rotatable bonds is 5. The molecule has 6 heteroatoms. The summed E-state index contributed by atoms with van der Waals surface area (Å²) < 4.78 is 18.6. The Kier molecular flexibility index (Phi) is 4.83. The lowest BCUT2D eigenvalue weighted by atomic mass is 9.93. The summed E-state index contributed by atoms with van der Waals surface area (Å²) in [5.74, 6) is 1.48. The van der Waals surface area contributed by atoms with Crippen molar-refractivity contribution in [1.82, 2.24) is 4.57 Å². The number of nitrogens with zero attached hydrogens (tertiary/aromatic N) is 1. The van der Waals surface area contributed by atoms with E-state index in [9.17, 15) is 4.79 Å². The van der Waals surface area contributed by atoms with Crippen LogP contribution in [0.15, 0.2) is 23.0 Å². The van der Waals surface area contributed by atoms with Gasteiger partial charge in [-0.1, -0.05) is 0 Å². The quantitative estimate of drug-likeness (QED) is 0.877. The van der Waals surface area contributed by atoms with Gasteiger partial charge < -0.3 is 24.1 Å². The van der Waals surface area contributed by atoms with Crippen LogP contribution in [-0.2, 0) is 17.7 Å². The first-order valence-electron chi connectivity index (χ1n) is 9.48. The Bertz CT molecular complexity index is 913. The molecule has 0 amide bonds. The normalized spacial score (nSPS) is 18.0. The molecule has 1 aromatic heterocycles. The second kappa shape index (κ2) is 7.27. The zero-order valence-electron chi connectivity index (χ0n) is 16.1. The third kappa shape index (κ3) is 3.08. The van der Waals surface area contributed by atoms with Gasteiger partial charge in [0.25, 0.3) is 5.56 Å². The molecule has 6 nitrogen and oxygen atoms in total. The zero-order valence-corrected chi connectivity index (χ0v) is 16.1. The van der Waals surface area contributed by atoms with Crippen molar-refractivity contribution in [2.75, 3.05) is 32.7 Å². The molecule has 144 valence electrons. The van der Waals surface area contributed by atoms with Crippen LogP contribution in [0.5, 0.6) is 11.5 Å². The predicted octanol–water partition coefficient (Wildman–Crippen LogP) is 2.99. The number of methoxy groups -OCH3 is 2. The summed E-state index contributed by atoms with van der Waals surface area (Å²) in [5, 5.41) is 3.43. The second-order valence-corrected chi connectivity index (χ2v) is 7.11. The van der Waals surface area contributed by atoms with Crippen molar-refractivity contribution in [2.24, 2.45) is 0 Å². The summed E-state index contributed by atoms with van der Waals surface area (Å²) in [7, 11) is 3.30.